The molecule has 2 aliphatic rings. The monoisotopic (exact) mass is 319 g/mol. The Morgan fingerprint density at radius 2 is 2.27 bits per heavy atom. The summed E-state index contributed by atoms with van der Waals surface area (Å²) < 4.78 is 0. The third-order valence-electron chi connectivity index (χ3n) is 4.38. The molecule has 2 amide bonds. The van der Waals surface area contributed by atoms with Gasteiger partial charge in [-0.15, -0.1) is 11.8 Å². The van der Waals surface area contributed by atoms with Gasteiger partial charge in [0.15, 0.2) is 0 Å². The molecule has 2 unspecified atom stereocenters. The second kappa shape index (κ2) is 6.71. The third-order valence-corrected chi connectivity index (χ3v) is 5.46. The van der Waals surface area contributed by atoms with E-state index >= 15 is 0 Å². The summed E-state index contributed by atoms with van der Waals surface area (Å²) >= 11 is 1.64. The first kappa shape index (κ1) is 15.4. The van der Waals surface area contributed by atoms with Crippen LogP contribution in [0.25, 0.3) is 0 Å². The molecule has 3 rings (SSSR count). The van der Waals surface area contributed by atoms with Crippen molar-refractivity contribution in [2.45, 2.75) is 36.6 Å². The number of fused-ring (bicyclic) bond motifs is 1. The Bertz CT molecular complexity index is 591. The predicted octanol–water partition coefficient (Wildman–Crippen LogP) is 1.98. The maximum atomic E-state index is 12.4. The van der Waals surface area contributed by atoms with Crippen molar-refractivity contribution in [1.29, 1.82) is 0 Å². The Morgan fingerprint density at radius 3 is 3.09 bits per heavy atom. The van der Waals surface area contributed by atoms with Crippen molar-refractivity contribution in [3.8, 4) is 0 Å². The molecular weight excluding hydrogens is 298 g/mol. The van der Waals surface area contributed by atoms with Gasteiger partial charge in [0.05, 0.1) is 5.69 Å². The summed E-state index contributed by atoms with van der Waals surface area (Å²) in [5.74, 6) is 1.06. The highest BCUT2D eigenvalue weighted by molar-refractivity contribution is 7.99. The van der Waals surface area contributed by atoms with Crippen molar-refractivity contribution < 1.29 is 9.59 Å². The van der Waals surface area contributed by atoms with Gasteiger partial charge in [0.25, 0.3) is 5.91 Å². The molecule has 22 heavy (non-hydrogen) atoms. The summed E-state index contributed by atoms with van der Waals surface area (Å²) in [6.07, 6.45) is 3.69. The standard InChI is InChI=1S/C16H21N3O2S/c17-9-11-2-1-3-12(11)19-16(21)10-4-5-14-13(8-10)18-15(20)6-7-22-14/h4-5,8,11-12H,1-3,6-7,9,17H2,(H,18,20)(H,19,21). The van der Waals surface area contributed by atoms with Crippen LogP contribution in [0.3, 0.4) is 0 Å². The third kappa shape index (κ3) is 3.28. The minimum atomic E-state index is -0.0864. The molecule has 118 valence electrons. The second-order valence-corrected chi connectivity index (χ2v) is 7.00. The Kier molecular flexibility index (Phi) is 4.69. The zero-order chi connectivity index (χ0) is 15.5. The summed E-state index contributed by atoms with van der Waals surface area (Å²) in [6.45, 7) is 0.613. The van der Waals surface area contributed by atoms with Gasteiger partial charge in [0.1, 0.15) is 0 Å². The first-order valence-electron chi connectivity index (χ1n) is 7.75. The van der Waals surface area contributed by atoms with Crippen molar-refractivity contribution in [2.75, 3.05) is 17.6 Å². The molecule has 1 heterocycles. The normalized spacial score (nSPS) is 24.3. The number of hydrogen-bond acceptors (Lipinski definition) is 4. The van der Waals surface area contributed by atoms with Gasteiger partial charge in [-0.2, -0.15) is 0 Å². The number of thioether (sulfide) groups is 1. The van der Waals surface area contributed by atoms with Gasteiger partial charge in [-0.25, -0.2) is 0 Å². The fraction of sp³-hybridized carbons (Fsp3) is 0.500. The molecule has 1 aliphatic carbocycles. The van der Waals surface area contributed by atoms with E-state index < -0.39 is 0 Å². The van der Waals surface area contributed by atoms with Crippen LogP contribution in [0.5, 0.6) is 0 Å². The maximum absolute atomic E-state index is 12.4. The van der Waals surface area contributed by atoms with E-state index in [0.29, 0.717) is 24.4 Å². The average molecular weight is 319 g/mol. The molecule has 0 spiro atoms. The smallest absolute Gasteiger partial charge is 0.251 e. The van der Waals surface area contributed by atoms with Gasteiger partial charge in [-0.05, 0) is 43.5 Å². The van der Waals surface area contributed by atoms with E-state index in [0.717, 1.165) is 35.6 Å². The zero-order valence-electron chi connectivity index (χ0n) is 12.4. The molecule has 2 atom stereocenters. The van der Waals surface area contributed by atoms with E-state index in [4.69, 9.17) is 5.73 Å². The van der Waals surface area contributed by atoms with Crippen LogP contribution in [0.1, 0.15) is 36.0 Å². The van der Waals surface area contributed by atoms with E-state index in [-0.39, 0.29) is 17.9 Å². The summed E-state index contributed by atoms with van der Waals surface area (Å²) in [5.41, 5.74) is 7.09. The van der Waals surface area contributed by atoms with Gasteiger partial charge in [0, 0.05) is 28.7 Å². The molecule has 1 aromatic carbocycles. The molecule has 1 fully saturated rings. The molecule has 1 saturated carbocycles. The lowest BCUT2D eigenvalue weighted by Gasteiger charge is -2.19. The molecule has 0 bridgehead atoms. The van der Waals surface area contributed by atoms with Crippen LogP contribution in [0.15, 0.2) is 23.1 Å². The highest BCUT2D eigenvalue weighted by Gasteiger charge is 2.27. The maximum Gasteiger partial charge on any atom is 0.251 e. The number of carbonyl (C=O) groups is 2. The minimum absolute atomic E-state index is 0.00259. The molecule has 1 aromatic rings. The van der Waals surface area contributed by atoms with E-state index in [9.17, 15) is 9.59 Å². The number of benzene rings is 1. The number of carbonyl (C=O) groups excluding carboxylic acids is 2. The summed E-state index contributed by atoms with van der Waals surface area (Å²) in [7, 11) is 0. The SMILES string of the molecule is NCC1CCCC1NC(=O)c1ccc2c(c1)NC(=O)CCS2. The first-order valence-corrected chi connectivity index (χ1v) is 8.73. The Labute approximate surface area is 134 Å². The lowest BCUT2D eigenvalue weighted by atomic mass is 10.0. The summed E-state index contributed by atoms with van der Waals surface area (Å²) in [6, 6.07) is 5.67. The van der Waals surface area contributed by atoms with Crippen molar-refractivity contribution >= 4 is 29.3 Å². The number of anilines is 1. The van der Waals surface area contributed by atoms with Crippen molar-refractivity contribution in [3.63, 3.8) is 0 Å². The van der Waals surface area contributed by atoms with Crippen LogP contribution in [0.2, 0.25) is 0 Å². The van der Waals surface area contributed by atoms with Gasteiger partial charge < -0.3 is 16.4 Å². The minimum Gasteiger partial charge on any atom is -0.349 e. The van der Waals surface area contributed by atoms with Gasteiger partial charge in [-0.3, -0.25) is 9.59 Å². The molecule has 0 aromatic heterocycles. The number of nitrogens with two attached hydrogens (primary N) is 1. The Hall–Kier alpha value is -1.53. The summed E-state index contributed by atoms with van der Waals surface area (Å²) in [4.78, 5) is 25.1. The van der Waals surface area contributed by atoms with Crippen molar-refractivity contribution in [1.82, 2.24) is 5.32 Å². The number of rotatable bonds is 3. The second-order valence-electron chi connectivity index (χ2n) is 5.86. The van der Waals surface area contributed by atoms with E-state index in [1.807, 2.05) is 12.1 Å². The lowest BCUT2D eigenvalue weighted by molar-refractivity contribution is -0.115. The number of amides is 2. The van der Waals surface area contributed by atoms with Gasteiger partial charge in [-0.1, -0.05) is 6.42 Å². The van der Waals surface area contributed by atoms with Gasteiger partial charge >= 0.3 is 0 Å². The number of nitrogens with one attached hydrogen (secondary N) is 2. The molecule has 5 nitrogen and oxygen atoms in total. The fourth-order valence-corrected chi connectivity index (χ4v) is 4.06. The van der Waals surface area contributed by atoms with E-state index in [2.05, 4.69) is 10.6 Å². The molecule has 1 aliphatic heterocycles. The van der Waals surface area contributed by atoms with Crippen LogP contribution in [0, 0.1) is 5.92 Å². The summed E-state index contributed by atoms with van der Waals surface area (Å²) in [5, 5.41) is 5.96. The van der Waals surface area contributed by atoms with Crippen LogP contribution in [-0.2, 0) is 4.79 Å². The highest BCUT2D eigenvalue weighted by atomic mass is 32.2. The fourth-order valence-electron chi connectivity index (χ4n) is 3.12. The van der Waals surface area contributed by atoms with Crippen LogP contribution in [-0.4, -0.2) is 30.2 Å². The van der Waals surface area contributed by atoms with Crippen LogP contribution >= 0.6 is 11.8 Å². The van der Waals surface area contributed by atoms with Crippen LogP contribution < -0.4 is 16.4 Å². The molecule has 0 saturated heterocycles. The van der Waals surface area contributed by atoms with Crippen molar-refractivity contribution in [2.24, 2.45) is 11.7 Å². The van der Waals surface area contributed by atoms with Gasteiger partial charge in [0.2, 0.25) is 5.91 Å². The highest BCUT2D eigenvalue weighted by Crippen LogP contribution is 2.32. The molecule has 6 heteroatoms. The topological polar surface area (TPSA) is 84.2 Å². The van der Waals surface area contributed by atoms with Crippen LogP contribution in [0.4, 0.5) is 5.69 Å². The molecule has 4 N–H and O–H groups in total. The van der Waals surface area contributed by atoms with E-state index in [1.54, 1.807) is 17.8 Å². The quantitative estimate of drug-likeness (QED) is 0.795. The lowest BCUT2D eigenvalue weighted by Crippen LogP contribution is -2.39. The zero-order valence-corrected chi connectivity index (χ0v) is 13.2. The Balaban J connectivity index is 1.74. The molecular formula is C16H21N3O2S. The first-order chi connectivity index (χ1) is 10.7. The number of hydrogen-bond donors (Lipinski definition) is 3. The van der Waals surface area contributed by atoms with E-state index in [1.165, 1.54) is 0 Å². The Morgan fingerprint density at radius 1 is 1.41 bits per heavy atom. The average Bonchev–Trinajstić information content (AvgIpc) is 2.86. The van der Waals surface area contributed by atoms with Crippen molar-refractivity contribution in [3.05, 3.63) is 23.8 Å². The predicted molar refractivity (Wildman–Crippen MR) is 88.1 cm³/mol. The molecule has 0 radical (unpaired) electrons. The largest absolute Gasteiger partial charge is 0.349 e.